The van der Waals surface area contributed by atoms with Gasteiger partial charge in [-0.15, -0.1) is 0 Å². The summed E-state index contributed by atoms with van der Waals surface area (Å²) in [6.45, 7) is 4.68. The summed E-state index contributed by atoms with van der Waals surface area (Å²) in [4.78, 5) is 29.7. The lowest BCUT2D eigenvalue weighted by molar-refractivity contribution is -0.0514. The lowest BCUT2D eigenvalue weighted by Crippen LogP contribution is -2.27. The van der Waals surface area contributed by atoms with Crippen LogP contribution in [0, 0.1) is 5.41 Å². The van der Waals surface area contributed by atoms with Gasteiger partial charge in [-0.3, -0.25) is 4.79 Å². The van der Waals surface area contributed by atoms with Gasteiger partial charge in [-0.2, -0.15) is 8.78 Å². The van der Waals surface area contributed by atoms with Gasteiger partial charge in [0.05, 0.1) is 12.9 Å². The number of para-hydroxylation sites is 1. The second-order valence-corrected chi connectivity index (χ2v) is 10.3. The normalized spacial score (nSPS) is 12.4. The molecule has 41 heavy (non-hydrogen) atoms. The quantitative estimate of drug-likeness (QED) is 0.206. The first kappa shape index (κ1) is 29.4. The number of aromatic nitrogens is 1. The second kappa shape index (κ2) is 12.3. The Morgan fingerprint density at radius 3 is 2.56 bits per heavy atom. The molecule has 2 heterocycles. The molecule has 0 saturated heterocycles. The van der Waals surface area contributed by atoms with Crippen LogP contribution in [-0.4, -0.2) is 30.2 Å². The molecule has 0 bridgehead atoms. The monoisotopic (exact) mass is 571 g/mol. The summed E-state index contributed by atoms with van der Waals surface area (Å²) >= 11 is 0. The van der Waals surface area contributed by atoms with Gasteiger partial charge in [-0.1, -0.05) is 39.0 Å². The fourth-order valence-electron chi connectivity index (χ4n) is 4.25. The van der Waals surface area contributed by atoms with Crippen molar-refractivity contribution in [2.45, 2.75) is 53.4 Å². The summed E-state index contributed by atoms with van der Waals surface area (Å²) in [6.07, 6.45) is -0.294. The van der Waals surface area contributed by atoms with Crippen LogP contribution in [-0.2, 0) is 11.3 Å². The second-order valence-electron chi connectivity index (χ2n) is 10.3. The van der Waals surface area contributed by atoms with Crippen molar-refractivity contribution < 1.29 is 41.4 Å². The Morgan fingerprint density at radius 1 is 1.12 bits per heavy atom. The maximum Gasteiger partial charge on any atom is 0.405 e. The summed E-state index contributed by atoms with van der Waals surface area (Å²) in [5, 5.41) is 3.65. The fourth-order valence-corrected chi connectivity index (χ4v) is 4.25. The lowest BCUT2D eigenvalue weighted by Gasteiger charge is -2.24. The number of ether oxygens (including phenoxy) is 3. The van der Waals surface area contributed by atoms with Crippen molar-refractivity contribution in [1.82, 2.24) is 10.3 Å². The number of primary amides is 1. The zero-order valence-corrected chi connectivity index (χ0v) is 23.0. The van der Waals surface area contributed by atoms with Crippen molar-refractivity contribution in [3.05, 3.63) is 65.7 Å². The highest BCUT2D eigenvalue weighted by Gasteiger charge is 2.33. The minimum absolute atomic E-state index is 0.0193. The highest BCUT2D eigenvalue weighted by molar-refractivity contribution is 5.94. The number of rotatable bonds is 11. The molecule has 2 aromatic heterocycles. The summed E-state index contributed by atoms with van der Waals surface area (Å²) in [5.41, 5.74) is 6.58. The maximum atomic E-state index is 13.5. The number of fused-ring (bicyclic) bond motifs is 1. The van der Waals surface area contributed by atoms with E-state index in [4.69, 9.17) is 24.0 Å². The molecule has 10 nitrogen and oxygen atoms in total. The molecule has 2 aromatic carbocycles. The van der Waals surface area contributed by atoms with Gasteiger partial charge < -0.3 is 34.1 Å². The number of halogens is 2. The first-order valence-electron chi connectivity index (χ1n) is 12.9. The first-order valence-corrected chi connectivity index (χ1v) is 12.9. The van der Waals surface area contributed by atoms with Gasteiger partial charge in [-0.05, 0) is 43.0 Å². The van der Waals surface area contributed by atoms with Crippen LogP contribution in [0.2, 0.25) is 0 Å². The van der Waals surface area contributed by atoms with Gasteiger partial charge in [0.2, 0.25) is 5.89 Å². The number of benzene rings is 2. The Kier molecular flexibility index (Phi) is 8.80. The van der Waals surface area contributed by atoms with Gasteiger partial charge >= 0.3 is 12.7 Å². The van der Waals surface area contributed by atoms with E-state index in [1.165, 1.54) is 18.2 Å². The number of nitrogens with one attached hydrogen (secondary N) is 1. The average molecular weight is 572 g/mol. The predicted octanol–water partition coefficient (Wildman–Crippen LogP) is 6.59. The van der Waals surface area contributed by atoms with E-state index in [1.54, 1.807) is 13.2 Å². The molecule has 2 amide bonds. The van der Waals surface area contributed by atoms with Crippen molar-refractivity contribution in [3.63, 3.8) is 0 Å². The van der Waals surface area contributed by atoms with E-state index in [1.807, 2.05) is 45.0 Å². The number of nitrogens with two attached hydrogens (primary N) is 1. The highest BCUT2D eigenvalue weighted by Crippen LogP contribution is 2.38. The Balaban J connectivity index is 1.73. The van der Waals surface area contributed by atoms with Gasteiger partial charge in [0, 0.05) is 23.1 Å². The Labute approximate surface area is 234 Å². The van der Waals surface area contributed by atoms with Gasteiger partial charge in [-0.25, -0.2) is 9.78 Å². The Bertz CT molecular complexity index is 1520. The van der Waals surface area contributed by atoms with Crippen molar-refractivity contribution in [1.29, 1.82) is 0 Å². The lowest BCUT2D eigenvalue weighted by atomic mass is 9.88. The fraction of sp³-hybridized carbons (Fsp3) is 0.345. The molecule has 0 aliphatic heterocycles. The Morgan fingerprint density at radius 2 is 1.88 bits per heavy atom. The number of alkyl halides is 2. The highest BCUT2D eigenvalue weighted by atomic mass is 19.3. The molecule has 4 aromatic rings. The summed E-state index contributed by atoms with van der Waals surface area (Å²) in [6, 6.07) is 11.5. The molecule has 0 radical (unpaired) electrons. The molecule has 0 aliphatic carbocycles. The van der Waals surface area contributed by atoms with E-state index in [2.05, 4.69) is 15.0 Å². The third-order valence-corrected chi connectivity index (χ3v) is 5.92. The summed E-state index contributed by atoms with van der Waals surface area (Å²) in [7, 11) is 0. The van der Waals surface area contributed by atoms with E-state index < -0.39 is 24.7 Å². The molecule has 0 saturated carbocycles. The molecule has 12 heteroatoms. The number of nitrogens with zero attached hydrogens (tertiary/aromatic N) is 1. The SMILES string of the molecule is CCOc1cc(-c2nc(C(=O)NCc3coc4ccccc34)c([C@H](CC(C)(C)C)OC(N)=O)o2)ccc1OC(F)F. The van der Waals surface area contributed by atoms with E-state index >= 15 is 0 Å². The van der Waals surface area contributed by atoms with E-state index in [9.17, 15) is 18.4 Å². The largest absolute Gasteiger partial charge is 0.490 e. The third-order valence-electron chi connectivity index (χ3n) is 5.92. The number of hydrogen-bond acceptors (Lipinski definition) is 8. The zero-order valence-electron chi connectivity index (χ0n) is 23.0. The maximum absolute atomic E-state index is 13.5. The number of oxazole rings is 1. The van der Waals surface area contributed by atoms with Crippen LogP contribution in [0.25, 0.3) is 22.4 Å². The first-order chi connectivity index (χ1) is 19.4. The molecule has 3 N–H and O–H groups in total. The number of carbonyl (C=O) groups excluding carboxylic acids is 2. The molecule has 0 aliphatic rings. The molecule has 1 atom stereocenters. The van der Waals surface area contributed by atoms with Gasteiger partial charge in [0.1, 0.15) is 5.58 Å². The molecular weight excluding hydrogens is 540 g/mol. The number of carbonyl (C=O) groups is 2. The number of amides is 2. The molecular formula is C29H31F2N3O7. The van der Waals surface area contributed by atoms with Crippen LogP contribution in [0.15, 0.2) is 57.6 Å². The number of furan rings is 1. The van der Waals surface area contributed by atoms with E-state index in [0.29, 0.717) is 11.1 Å². The third kappa shape index (κ3) is 7.33. The minimum Gasteiger partial charge on any atom is -0.490 e. The summed E-state index contributed by atoms with van der Waals surface area (Å²) in [5.74, 6) is -0.799. The minimum atomic E-state index is -3.06. The van der Waals surface area contributed by atoms with Crippen molar-refractivity contribution in [2.75, 3.05) is 6.61 Å². The van der Waals surface area contributed by atoms with Crippen LogP contribution < -0.4 is 20.5 Å². The zero-order chi connectivity index (χ0) is 29.7. The summed E-state index contributed by atoms with van der Waals surface area (Å²) < 4.78 is 52.7. The molecule has 4 rings (SSSR count). The van der Waals surface area contributed by atoms with E-state index in [-0.39, 0.29) is 53.8 Å². The van der Waals surface area contributed by atoms with Gasteiger partial charge in [0.15, 0.2) is 29.1 Å². The predicted molar refractivity (Wildman–Crippen MR) is 145 cm³/mol. The van der Waals surface area contributed by atoms with Crippen molar-refractivity contribution in [2.24, 2.45) is 11.1 Å². The molecule has 0 fully saturated rings. The average Bonchev–Trinajstić information content (AvgIpc) is 3.52. The molecule has 218 valence electrons. The van der Waals surface area contributed by atoms with E-state index in [0.717, 1.165) is 10.9 Å². The van der Waals surface area contributed by atoms with Crippen LogP contribution in [0.5, 0.6) is 11.5 Å². The Hall–Kier alpha value is -4.61. The van der Waals surface area contributed by atoms with Crippen molar-refractivity contribution in [3.8, 4) is 23.0 Å². The smallest absolute Gasteiger partial charge is 0.405 e. The van der Waals surface area contributed by atoms with Crippen LogP contribution in [0.4, 0.5) is 13.6 Å². The van der Waals surface area contributed by atoms with Gasteiger partial charge in [0.25, 0.3) is 5.91 Å². The van der Waals surface area contributed by atoms with Crippen LogP contribution in [0.3, 0.4) is 0 Å². The molecule has 0 unspecified atom stereocenters. The number of hydrogen-bond donors (Lipinski definition) is 2. The van der Waals surface area contributed by atoms with Crippen LogP contribution in [0.1, 0.15) is 62.0 Å². The topological polar surface area (TPSA) is 139 Å². The van der Waals surface area contributed by atoms with Crippen molar-refractivity contribution >= 4 is 23.0 Å². The molecule has 0 spiro atoms. The standard InChI is InChI=1S/C29H31F2N3O7/c1-5-37-21-12-16(10-11-20(21)39-27(30)31)26-34-23(24(41-26)22(40-28(32)36)13-29(2,3)4)25(35)33-14-17-15-38-19-9-7-6-8-18(17)19/h6-12,15,22,27H,5,13-14H2,1-4H3,(H2,32,36)(H,33,35)/t22-/m0/s1. The van der Waals surface area contributed by atoms with Crippen LogP contribution >= 0.6 is 0 Å².